The molecule has 11 heteroatoms. The molecule has 4 rings (SSSR count). The summed E-state index contributed by atoms with van der Waals surface area (Å²) in [6.45, 7) is 16.8. The lowest BCUT2D eigenvalue weighted by Crippen LogP contribution is -2.48. The highest BCUT2D eigenvalue weighted by molar-refractivity contribution is 7.90. The second-order valence-electron chi connectivity index (χ2n) is 11.9. The minimum Gasteiger partial charge on any atom is -0.497 e. The van der Waals surface area contributed by atoms with Crippen LogP contribution in [0.5, 0.6) is 5.75 Å². The van der Waals surface area contributed by atoms with Crippen LogP contribution in [0.3, 0.4) is 0 Å². The van der Waals surface area contributed by atoms with Gasteiger partial charge < -0.3 is 10.1 Å². The van der Waals surface area contributed by atoms with Crippen molar-refractivity contribution in [2.75, 3.05) is 32.1 Å². The number of anilines is 1. The van der Waals surface area contributed by atoms with E-state index in [1.807, 2.05) is 47.4 Å². The quantitative estimate of drug-likeness (QED) is 0.305. The number of hydrogen-bond donors (Lipinski definition) is 2. The topological polar surface area (TPSA) is 96.7 Å². The van der Waals surface area contributed by atoms with E-state index in [9.17, 15) is 4.21 Å². The molecule has 3 heterocycles. The number of fused-ring (bicyclic) bond motifs is 1. The average molecular weight is 572 g/mol. The van der Waals surface area contributed by atoms with Gasteiger partial charge in [-0.05, 0) is 67.6 Å². The van der Waals surface area contributed by atoms with E-state index in [2.05, 4.69) is 65.2 Å². The van der Waals surface area contributed by atoms with Crippen molar-refractivity contribution in [1.29, 1.82) is 0 Å². The number of ether oxygens (including phenoxy) is 1. The van der Waals surface area contributed by atoms with Crippen LogP contribution in [0.25, 0.3) is 11.0 Å². The second-order valence-corrected chi connectivity index (χ2v) is 19.0. The molecule has 3 aromatic rings. The Labute approximate surface area is 235 Å². The van der Waals surface area contributed by atoms with Gasteiger partial charge in [0.15, 0.2) is 24.0 Å². The molecule has 0 saturated carbocycles. The van der Waals surface area contributed by atoms with E-state index in [0.29, 0.717) is 12.5 Å². The monoisotopic (exact) mass is 571 g/mol. The Morgan fingerprint density at radius 1 is 1.15 bits per heavy atom. The summed E-state index contributed by atoms with van der Waals surface area (Å²) in [6.07, 6.45) is 5.66. The van der Waals surface area contributed by atoms with Gasteiger partial charge in [-0.15, -0.1) is 0 Å². The van der Waals surface area contributed by atoms with Crippen LogP contribution in [0.1, 0.15) is 46.1 Å². The molecule has 2 aromatic heterocycles. The van der Waals surface area contributed by atoms with Crippen LogP contribution in [0.4, 0.5) is 5.69 Å². The molecule has 0 bridgehead atoms. The molecule has 1 unspecified atom stereocenters. The van der Waals surface area contributed by atoms with Crippen LogP contribution in [-0.2, 0) is 23.2 Å². The Balaban J connectivity index is 1.45. The van der Waals surface area contributed by atoms with Crippen molar-refractivity contribution in [2.45, 2.75) is 71.8 Å². The Bertz CT molecular complexity index is 1370. The third-order valence-electron chi connectivity index (χ3n) is 8.15. The zero-order valence-corrected chi connectivity index (χ0v) is 26.3. The maximum Gasteiger partial charge on any atom is 0.196 e. The second kappa shape index (κ2) is 12.0. The van der Waals surface area contributed by atoms with Crippen molar-refractivity contribution < 1.29 is 8.95 Å². The number of piperidine rings is 1. The lowest BCUT2D eigenvalue weighted by Gasteiger charge is -2.38. The highest BCUT2D eigenvalue weighted by atomic mass is 32.2. The Morgan fingerprint density at radius 2 is 1.85 bits per heavy atom. The Hall–Kier alpha value is -2.47. The minimum absolute atomic E-state index is 0.00114. The van der Waals surface area contributed by atoms with Gasteiger partial charge in [0.25, 0.3) is 0 Å². The first-order chi connectivity index (χ1) is 18.5. The molecule has 0 spiro atoms. The number of nitrogens with one attached hydrogen (secondary N) is 2. The zero-order valence-electron chi connectivity index (χ0n) is 24.5. The molecule has 1 saturated heterocycles. The van der Waals surface area contributed by atoms with Crippen LogP contribution in [0.2, 0.25) is 18.1 Å². The summed E-state index contributed by atoms with van der Waals surface area (Å²) < 4.78 is 32.5. The van der Waals surface area contributed by atoms with E-state index >= 15 is 0 Å². The summed E-state index contributed by atoms with van der Waals surface area (Å²) >= 11 is 0. The van der Waals surface area contributed by atoms with Gasteiger partial charge in [0, 0.05) is 44.6 Å². The summed E-state index contributed by atoms with van der Waals surface area (Å²) in [5.41, 5.74) is 3.04. The maximum absolute atomic E-state index is 14.6. The van der Waals surface area contributed by atoms with Crippen LogP contribution in [-0.4, -0.2) is 58.3 Å². The average Bonchev–Trinajstić information content (AvgIpc) is 3.34. The van der Waals surface area contributed by atoms with Gasteiger partial charge in [-0.1, -0.05) is 32.9 Å². The molecule has 39 heavy (non-hydrogen) atoms. The van der Waals surface area contributed by atoms with E-state index in [4.69, 9.17) is 8.77 Å². The molecular weight excluding hydrogens is 527 g/mol. The standard InChI is InChI=1S/C28H45N7O2SSi/c1-8-35-27-25(21-31-35)26(13-16-29-27)30-19-23-14-17-34(18-15-23)38(36,33-39(6,7)28(2,3)4)32-20-22-9-11-24(37-5)12-10-22/h9-13,16,21,23H,8,14-15,17-20H2,1-7H3,(H,29,30)(H,32,33,36). The van der Waals surface area contributed by atoms with E-state index in [0.717, 1.165) is 67.1 Å². The molecule has 1 atom stereocenters. The number of benzene rings is 1. The van der Waals surface area contributed by atoms with Gasteiger partial charge in [0.05, 0.1) is 18.7 Å². The normalized spacial score (nSPS) is 17.2. The summed E-state index contributed by atoms with van der Waals surface area (Å²) in [7, 11) is -3.29. The summed E-state index contributed by atoms with van der Waals surface area (Å²) in [5, 5.41) is 9.15. The van der Waals surface area contributed by atoms with E-state index in [1.165, 1.54) is 0 Å². The van der Waals surface area contributed by atoms with E-state index in [-0.39, 0.29) is 5.04 Å². The maximum atomic E-state index is 14.6. The third kappa shape index (κ3) is 6.82. The van der Waals surface area contributed by atoms with Crippen LogP contribution >= 0.6 is 0 Å². The molecule has 1 aromatic carbocycles. The number of rotatable bonds is 10. The Morgan fingerprint density at radius 3 is 2.46 bits per heavy atom. The fourth-order valence-corrected chi connectivity index (χ4v) is 10.1. The zero-order chi connectivity index (χ0) is 28.3. The molecule has 9 nitrogen and oxygen atoms in total. The van der Waals surface area contributed by atoms with Gasteiger partial charge in [-0.3, -0.25) is 4.03 Å². The number of pyridine rings is 1. The van der Waals surface area contributed by atoms with Crippen molar-refractivity contribution >= 4 is 35.1 Å². The molecule has 0 amide bonds. The summed E-state index contributed by atoms with van der Waals surface area (Å²) in [4.78, 5) is 4.50. The van der Waals surface area contributed by atoms with Crippen LogP contribution in [0, 0.1) is 5.92 Å². The molecule has 2 N–H and O–H groups in total. The largest absolute Gasteiger partial charge is 0.497 e. The number of aryl methyl sites for hydroxylation is 1. The van der Waals surface area contributed by atoms with Gasteiger partial charge >= 0.3 is 0 Å². The van der Waals surface area contributed by atoms with Crippen LogP contribution in [0.15, 0.2) is 46.8 Å². The fourth-order valence-electron chi connectivity index (χ4n) is 4.53. The predicted octanol–water partition coefficient (Wildman–Crippen LogP) is 5.68. The number of methoxy groups -OCH3 is 1. The molecule has 214 valence electrons. The smallest absolute Gasteiger partial charge is 0.196 e. The number of aromatic nitrogens is 3. The van der Waals surface area contributed by atoms with Gasteiger partial charge in [0.1, 0.15) is 5.75 Å². The lowest BCUT2D eigenvalue weighted by molar-refractivity contribution is 0.288. The third-order valence-corrected chi connectivity index (χ3v) is 16.2. The van der Waals surface area contributed by atoms with Crippen LogP contribution < -0.4 is 14.8 Å². The fraction of sp³-hybridized carbons (Fsp3) is 0.571. The first-order valence-electron chi connectivity index (χ1n) is 13.9. The first kappa shape index (κ1) is 29.5. The SMILES string of the molecule is CCn1ncc2c(NCC3CCN(S(=O)(=N[Si](C)(C)C(C)(C)C)NCc4ccc(OC)cc4)CC3)ccnc21. The Kier molecular flexibility index (Phi) is 9.04. The van der Waals surface area contributed by atoms with Crippen molar-refractivity contribution in [3.8, 4) is 5.75 Å². The summed E-state index contributed by atoms with van der Waals surface area (Å²) in [5.74, 6) is 1.30. The minimum atomic E-state index is -2.77. The van der Waals surface area contributed by atoms with E-state index < -0.39 is 18.3 Å². The number of hydrogen-bond acceptors (Lipinski definition) is 6. The van der Waals surface area contributed by atoms with Gasteiger partial charge in [-0.25, -0.2) is 22.9 Å². The van der Waals surface area contributed by atoms with Crippen molar-refractivity contribution in [1.82, 2.24) is 23.8 Å². The first-order valence-corrected chi connectivity index (χ1v) is 18.3. The van der Waals surface area contributed by atoms with Gasteiger partial charge in [-0.2, -0.15) is 5.10 Å². The van der Waals surface area contributed by atoms with E-state index in [1.54, 1.807) is 7.11 Å². The van der Waals surface area contributed by atoms with Crippen molar-refractivity contribution in [3.63, 3.8) is 0 Å². The number of nitrogens with zero attached hydrogens (tertiary/aromatic N) is 5. The molecular formula is C28H45N7O2SSi. The molecule has 1 fully saturated rings. The molecule has 1 aliphatic rings. The summed E-state index contributed by atoms with van der Waals surface area (Å²) in [6, 6.07) is 9.91. The van der Waals surface area contributed by atoms with Crippen molar-refractivity contribution in [2.24, 2.45) is 9.95 Å². The highest BCUT2D eigenvalue weighted by Crippen LogP contribution is 2.38. The van der Waals surface area contributed by atoms with Crippen molar-refractivity contribution in [3.05, 3.63) is 48.3 Å². The lowest BCUT2D eigenvalue weighted by atomic mass is 9.98. The van der Waals surface area contributed by atoms with Gasteiger partial charge in [0.2, 0.25) is 0 Å². The molecule has 0 radical (unpaired) electrons. The predicted molar refractivity (Wildman–Crippen MR) is 164 cm³/mol. The highest BCUT2D eigenvalue weighted by Gasteiger charge is 2.39. The molecule has 1 aliphatic heterocycles. The molecule has 0 aliphatic carbocycles.